The molecule has 4 rings (SSSR count). The zero-order chi connectivity index (χ0) is 18.1. The van der Waals surface area contributed by atoms with E-state index in [4.69, 9.17) is 4.74 Å². The molecule has 2 aliphatic rings. The molecule has 1 atom stereocenters. The lowest BCUT2D eigenvalue weighted by Crippen LogP contribution is -2.35. The summed E-state index contributed by atoms with van der Waals surface area (Å²) in [5.41, 5.74) is 2.62. The van der Waals surface area contributed by atoms with E-state index in [9.17, 15) is 4.79 Å². The number of ether oxygens (including phenoxy) is 1. The van der Waals surface area contributed by atoms with Crippen molar-refractivity contribution in [1.29, 1.82) is 0 Å². The third kappa shape index (κ3) is 4.41. The molecule has 1 unspecified atom stereocenters. The van der Waals surface area contributed by atoms with Gasteiger partial charge in [0.05, 0.1) is 11.6 Å². The van der Waals surface area contributed by atoms with Gasteiger partial charge in [-0.2, -0.15) is 0 Å². The fourth-order valence-corrected chi connectivity index (χ4v) is 3.88. The van der Waals surface area contributed by atoms with Gasteiger partial charge in [-0.05, 0) is 63.0 Å². The van der Waals surface area contributed by atoms with Crippen LogP contribution >= 0.6 is 11.3 Å². The van der Waals surface area contributed by atoms with Crippen LogP contribution in [0.25, 0.3) is 0 Å². The normalized spacial score (nSPS) is 17.8. The minimum atomic E-state index is -0.168. The number of carbonyl (C=O) groups excluding carboxylic acids is 1. The van der Waals surface area contributed by atoms with Gasteiger partial charge in [0, 0.05) is 29.7 Å². The molecule has 0 aromatic carbocycles. The predicted octanol–water partition coefficient (Wildman–Crippen LogP) is 3.87. The molecule has 2 fully saturated rings. The molecule has 6 heteroatoms. The zero-order valence-electron chi connectivity index (χ0n) is 15.3. The molecular formula is C20H25N3O2S. The quantitative estimate of drug-likeness (QED) is 0.765. The largest absolute Gasteiger partial charge is 0.491 e. The van der Waals surface area contributed by atoms with E-state index in [-0.39, 0.29) is 11.9 Å². The van der Waals surface area contributed by atoms with Crippen molar-refractivity contribution < 1.29 is 9.53 Å². The molecule has 138 valence electrons. The highest BCUT2D eigenvalue weighted by Gasteiger charge is 2.28. The molecule has 2 aliphatic carbocycles. The molecular weight excluding hydrogens is 346 g/mol. The minimum absolute atomic E-state index is 0.00533. The van der Waals surface area contributed by atoms with Crippen molar-refractivity contribution >= 4 is 17.2 Å². The van der Waals surface area contributed by atoms with Crippen LogP contribution in [0, 0.1) is 12.8 Å². The van der Waals surface area contributed by atoms with E-state index in [1.165, 1.54) is 31.2 Å². The summed E-state index contributed by atoms with van der Waals surface area (Å²) < 4.78 is 5.97. The Morgan fingerprint density at radius 3 is 2.85 bits per heavy atom. The maximum Gasteiger partial charge on any atom is 0.273 e. The number of rotatable bonds is 8. The number of nitrogens with zero attached hydrogens (tertiary/aromatic N) is 2. The van der Waals surface area contributed by atoms with Crippen LogP contribution in [0.15, 0.2) is 17.6 Å². The van der Waals surface area contributed by atoms with Gasteiger partial charge in [0.1, 0.15) is 0 Å². The van der Waals surface area contributed by atoms with E-state index < -0.39 is 0 Å². The number of hydrogen-bond donors (Lipinski definition) is 1. The molecule has 1 amide bonds. The van der Waals surface area contributed by atoms with Crippen molar-refractivity contribution in [2.75, 3.05) is 6.61 Å². The fraction of sp³-hybridized carbons (Fsp3) is 0.550. The number of carbonyl (C=O) groups is 1. The Bertz CT molecular complexity index is 796. The summed E-state index contributed by atoms with van der Waals surface area (Å²) in [7, 11) is 0. The van der Waals surface area contributed by atoms with Crippen molar-refractivity contribution in [3.63, 3.8) is 0 Å². The predicted molar refractivity (Wildman–Crippen MR) is 102 cm³/mol. The maximum atomic E-state index is 12.8. The number of aromatic nitrogens is 2. The van der Waals surface area contributed by atoms with Gasteiger partial charge in [-0.15, -0.1) is 11.3 Å². The lowest BCUT2D eigenvalue weighted by atomic mass is 10.1. The molecule has 2 aromatic heterocycles. The van der Waals surface area contributed by atoms with Crippen molar-refractivity contribution in [1.82, 2.24) is 15.3 Å². The van der Waals surface area contributed by atoms with Crippen LogP contribution in [0.3, 0.4) is 0 Å². The zero-order valence-corrected chi connectivity index (χ0v) is 16.1. The standard InChI is InChI=1S/C20H25N3O2S/c1-12(7-18-22-13(2)11-26-18)23-20(24)19-17(25-10-14-3-4-14)8-16(9-21-19)15-5-6-15/h8-9,11-12,14-15H,3-7,10H2,1-2H3,(H,23,24). The Morgan fingerprint density at radius 2 is 2.19 bits per heavy atom. The van der Waals surface area contributed by atoms with Crippen LogP contribution in [0.4, 0.5) is 0 Å². The van der Waals surface area contributed by atoms with Gasteiger partial charge in [0.2, 0.25) is 0 Å². The van der Waals surface area contributed by atoms with Gasteiger partial charge in [-0.3, -0.25) is 4.79 Å². The molecule has 0 saturated heterocycles. The van der Waals surface area contributed by atoms with Gasteiger partial charge in [0.15, 0.2) is 11.4 Å². The average molecular weight is 372 g/mol. The van der Waals surface area contributed by atoms with Crippen LogP contribution < -0.4 is 10.1 Å². The van der Waals surface area contributed by atoms with E-state index in [0.29, 0.717) is 29.9 Å². The SMILES string of the molecule is Cc1csc(CC(C)NC(=O)c2ncc(C3CC3)cc2OCC2CC2)n1. The monoisotopic (exact) mass is 371 g/mol. The topological polar surface area (TPSA) is 64.1 Å². The number of hydrogen-bond acceptors (Lipinski definition) is 5. The van der Waals surface area contributed by atoms with Crippen molar-refractivity contribution in [2.45, 2.75) is 57.9 Å². The van der Waals surface area contributed by atoms with E-state index in [1.807, 2.05) is 31.5 Å². The summed E-state index contributed by atoms with van der Waals surface area (Å²) in [6, 6.07) is 2.02. The molecule has 0 spiro atoms. The molecule has 26 heavy (non-hydrogen) atoms. The summed E-state index contributed by atoms with van der Waals surface area (Å²) in [6.07, 6.45) is 7.43. The molecule has 0 radical (unpaired) electrons. The number of amides is 1. The lowest BCUT2D eigenvalue weighted by molar-refractivity contribution is 0.0930. The second-order valence-electron chi connectivity index (χ2n) is 7.61. The van der Waals surface area contributed by atoms with Gasteiger partial charge < -0.3 is 10.1 Å². The molecule has 0 bridgehead atoms. The van der Waals surface area contributed by atoms with Crippen molar-refractivity contribution in [3.8, 4) is 5.75 Å². The number of nitrogens with one attached hydrogen (secondary N) is 1. The third-order valence-electron chi connectivity index (χ3n) is 4.83. The Morgan fingerprint density at radius 1 is 1.38 bits per heavy atom. The van der Waals surface area contributed by atoms with Crippen molar-refractivity contribution in [2.24, 2.45) is 5.92 Å². The van der Waals surface area contributed by atoms with E-state index in [1.54, 1.807) is 11.3 Å². The molecule has 2 heterocycles. The highest BCUT2D eigenvalue weighted by atomic mass is 32.1. The molecule has 1 N–H and O–H groups in total. The molecule has 2 saturated carbocycles. The van der Waals surface area contributed by atoms with Crippen molar-refractivity contribution in [3.05, 3.63) is 39.6 Å². The smallest absolute Gasteiger partial charge is 0.273 e. The number of thiazole rings is 1. The minimum Gasteiger partial charge on any atom is -0.491 e. The first-order valence-corrected chi connectivity index (χ1v) is 10.3. The highest BCUT2D eigenvalue weighted by molar-refractivity contribution is 7.09. The van der Waals surface area contributed by atoms with E-state index in [0.717, 1.165) is 17.1 Å². The molecule has 5 nitrogen and oxygen atoms in total. The van der Waals surface area contributed by atoms with Crippen LogP contribution in [0.2, 0.25) is 0 Å². The summed E-state index contributed by atoms with van der Waals surface area (Å²) in [5.74, 6) is 1.70. The number of pyridine rings is 1. The first-order chi connectivity index (χ1) is 12.6. The Balaban J connectivity index is 1.44. The third-order valence-corrected chi connectivity index (χ3v) is 5.82. The Kier molecular flexibility index (Phi) is 4.94. The van der Waals surface area contributed by atoms with E-state index in [2.05, 4.69) is 15.3 Å². The summed E-state index contributed by atoms with van der Waals surface area (Å²) >= 11 is 1.63. The number of aryl methyl sites for hydroxylation is 1. The van der Waals surface area contributed by atoms with Crippen LogP contribution in [0.1, 0.15) is 65.3 Å². The average Bonchev–Trinajstić information content (AvgIpc) is 3.52. The van der Waals surface area contributed by atoms with Gasteiger partial charge in [-0.1, -0.05) is 0 Å². The van der Waals surface area contributed by atoms with Crippen LogP contribution in [0.5, 0.6) is 5.75 Å². The summed E-state index contributed by atoms with van der Waals surface area (Å²) in [4.78, 5) is 21.7. The fourth-order valence-electron chi connectivity index (χ4n) is 2.97. The van der Waals surface area contributed by atoms with Gasteiger partial charge >= 0.3 is 0 Å². The first-order valence-electron chi connectivity index (χ1n) is 9.43. The molecule has 0 aliphatic heterocycles. The Labute approximate surface area is 158 Å². The highest BCUT2D eigenvalue weighted by Crippen LogP contribution is 2.41. The van der Waals surface area contributed by atoms with Crippen LogP contribution in [-0.4, -0.2) is 28.5 Å². The summed E-state index contributed by atoms with van der Waals surface area (Å²) in [5, 5.41) is 6.12. The lowest BCUT2D eigenvalue weighted by Gasteiger charge is -2.15. The van der Waals surface area contributed by atoms with E-state index >= 15 is 0 Å². The van der Waals surface area contributed by atoms with Gasteiger partial charge in [-0.25, -0.2) is 9.97 Å². The second-order valence-corrected chi connectivity index (χ2v) is 8.55. The maximum absolute atomic E-state index is 12.8. The first kappa shape index (κ1) is 17.5. The van der Waals surface area contributed by atoms with Crippen LogP contribution in [-0.2, 0) is 6.42 Å². The molecule has 2 aromatic rings. The summed E-state index contributed by atoms with van der Waals surface area (Å²) in [6.45, 7) is 4.67. The second kappa shape index (κ2) is 7.35. The Hall–Kier alpha value is -1.95. The van der Waals surface area contributed by atoms with Gasteiger partial charge in [0.25, 0.3) is 5.91 Å².